The Bertz CT molecular complexity index is 154. The van der Waals surface area contributed by atoms with Crippen LogP contribution in [-0.4, -0.2) is 35.5 Å². The first kappa shape index (κ1) is 7.92. The zero-order valence-corrected chi connectivity index (χ0v) is 7.77. The third kappa shape index (κ3) is 1.45. The molecule has 0 fully saturated rings. The second-order valence-corrected chi connectivity index (χ2v) is 4.21. The van der Waals surface area contributed by atoms with E-state index in [-0.39, 0.29) is 0 Å². The summed E-state index contributed by atoms with van der Waals surface area (Å²) in [6.07, 6.45) is 0. The first-order valence-corrected chi connectivity index (χ1v) is 4.41. The predicted octanol–water partition coefficient (Wildman–Crippen LogP) is 1.43. The SMILES string of the molecule is C[C@@H]1N=C(N(C)C)S[C@@H]1C. The van der Waals surface area contributed by atoms with Crippen molar-refractivity contribution in [2.45, 2.75) is 25.1 Å². The van der Waals surface area contributed by atoms with E-state index < -0.39 is 0 Å². The normalized spacial score (nSPS) is 32.2. The average Bonchev–Trinajstić information content (AvgIpc) is 2.13. The Balaban J connectivity index is 2.58. The molecule has 0 unspecified atom stereocenters. The van der Waals surface area contributed by atoms with Crippen LogP contribution in [0.2, 0.25) is 0 Å². The van der Waals surface area contributed by atoms with Gasteiger partial charge in [-0.1, -0.05) is 18.7 Å². The van der Waals surface area contributed by atoms with Crippen LogP contribution in [0.3, 0.4) is 0 Å². The van der Waals surface area contributed by atoms with Crippen molar-refractivity contribution in [1.82, 2.24) is 4.90 Å². The molecule has 1 aliphatic rings. The molecule has 1 heterocycles. The molecule has 0 saturated carbocycles. The number of rotatable bonds is 0. The molecular formula is C7H14N2S. The predicted molar refractivity (Wildman–Crippen MR) is 47.6 cm³/mol. The van der Waals surface area contributed by atoms with Gasteiger partial charge in [0, 0.05) is 19.3 Å². The summed E-state index contributed by atoms with van der Waals surface area (Å²) in [4.78, 5) is 6.55. The molecule has 2 atom stereocenters. The third-order valence-electron chi connectivity index (χ3n) is 1.67. The van der Waals surface area contributed by atoms with E-state index in [1.54, 1.807) is 0 Å². The van der Waals surface area contributed by atoms with Gasteiger partial charge in [-0.05, 0) is 6.92 Å². The Morgan fingerprint density at radius 1 is 1.40 bits per heavy atom. The minimum atomic E-state index is 0.488. The molecule has 1 aliphatic heterocycles. The summed E-state index contributed by atoms with van der Waals surface area (Å²) in [6.45, 7) is 4.38. The lowest BCUT2D eigenvalue weighted by Crippen LogP contribution is -2.16. The van der Waals surface area contributed by atoms with Gasteiger partial charge in [0.2, 0.25) is 0 Å². The Morgan fingerprint density at radius 3 is 2.20 bits per heavy atom. The minimum Gasteiger partial charge on any atom is -0.358 e. The second kappa shape index (κ2) is 2.82. The van der Waals surface area contributed by atoms with Crippen molar-refractivity contribution >= 4 is 16.9 Å². The topological polar surface area (TPSA) is 15.6 Å². The van der Waals surface area contributed by atoms with Crippen molar-refractivity contribution in [3.63, 3.8) is 0 Å². The maximum Gasteiger partial charge on any atom is 0.159 e. The Kier molecular flexibility index (Phi) is 2.24. The van der Waals surface area contributed by atoms with Crippen LogP contribution in [0.15, 0.2) is 4.99 Å². The zero-order valence-electron chi connectivity index (χ0n) is 6.96. The Morgan fingerprint density at radius 2 is 2.00 bits per heavy atom. The van der Waals surface area contributed by atoms with Crippen molar-refractivity contribution in [3.8, 4) is 0 Å². The summed E-state index contributed by atoms with van der Waals surface area (Å²) in [5.74, 6) is 0. The van der Waals surface area contributed by atoms with Gasteiger partial charge in [-0.15, -0.1) is 0 Å². The molecule has 0 N–H and O–H groups in total. The van der Waals surface area contributed by atoms with Gasteiger partial charge in [0.25, 0.3) is 0 Å². The van der Waals surface area contributed by atoms with Crippen molar-refractivity contribution in [1.29, 1.82) is 0 Å². The first-order valence-electron chi connectivity index (χ1n) is 3.53. The van der Waals surface area contributed by atoms with Crippen LogP contribution in [0.25, 0.3) is 0 Å². The van der Waals surface area contributed by atoms with E-state index in [1.807, 2.05) is 25.9 Å². The van der Waals surface area contributed by atoms with E-state index in [1.165, 1.54) is 5.17 Å². The smallest absolute Gasteiger partial charge is 0.159 e. The highest BCUT2D eigenvalue weighted by Crippen LogP contribution is 2.26. The summed E-state index contributed by atoms with van der Waals surface area (Å²) >= 11 is 1.86. The van der Waals surface area contributed by atoms with Crippen molar-refractivity contribution in [2.75, 3.05) is 14.1 Å². The van der Waals surface area contributed by atoms with Crippen molar-refractivity contribution in [2.24, 2.45) is 4.99 Å². The maximum absolute atomic E-state index is 4.47. The molecule has 0 bridgehead atoms. The van der Waals surface area contributed by atoms with Crippen molar-refractivity contribution < 1.29 is 0 Å². The van der Waals surface area contributed by atoms with Crippen LogP contribution in [0.1, 0.15) is 13.8 Å². The lowest BCUT2D eigenvalue weighted by atomic mass is 10.3. The highest BCUT2D eigenvalue weighted by molar-refractivity contribution is 8.14. The van der Waals surface area contributed by atoms with Crippen LogP contribution >= 0.6 is 11.8 Å². The summed E-state index contributed by atoms with van der Waals surface area (Å²) in [5.41, 5.74) is 0. The van der Waals surface area contributed by atoms with Crippen LogP contribution < -0.4 is 0 Å². The van der Waals surface area contributed by atoms with Crippen LogP contribution in [0.4, 0.5) is 0 Å². The molecule has 1 rings (SSSR count). The fraction of sp³-hybridized carbons (Fsp3) is 0.857. The molecule has 3 heteroatoms. The minimum absolute atomic E-state index is 0.488. The van der Waals surface area contributed by atoms with Crippen LogP contribution in [0, 0.1) is 0 Å². The summed E-state index contributed by atoms with van der Waals surface area (Å²) in [6, 6.07) is 0.488. The molecule has 0 saturated heterocycles. The Labute approximate surface area is 66.7 Å². The van der Waals surface area contributed by atoms with E-state index in [0.717, 1.165) is 0 Å². The summed E-state index contributed by atoms with van der Waals surface area (Å²) in [7, 11) is 4.08. The lowest BCUT2D eigenvalue weighted by Gasteiger charge is -2.10. The van der Waals surface area contributed by atoms with Crippen LogP contribution in [-0.2, 0) is 0 Å². The molecule has 10 heavy (non-hydrogen) atoms. The van der Waals surface area contributed by atoms with Gasteiger partial charge in [0.15, 0.2) is 5.17 Å². The standard InChI is InChI=1S/C7H14N2S/c1-5-6(2)10-7(8-5)9(3)4/h5-6H,1-4H3/t5-,6+/m0/s1. The molecule has 0 spiro atoms. The van der Waals surface area contributed by atoms with Gasteiger partial charge in [0.1, 0.15) is 0 Å². The van der Waals surface area contributed by atoms with E-state index in [0.29, 0.717) is 11.3 Å². The molecule has 0 aliphatic carbocycles. The van der Waals surface area contributed by atoms with E-state index >= 15 is 0 Å². The third-order valence-corrected chi connectivity index (χ3v) is 3.11. The molecule has 0 aromatic rings. The number of aliphatic imine (C=N–C) groups is 1. The van der Waals surface area contributed by atoms with Crippen molar-refractivity contribution in [3.05, 3.63) is 0 Å². The number of hydrogen-bond donors (Lipinski definition) is 0. The molecule has 0 aromatic heterocycles. The summed E-state index contributed by atoms with van der Waals surface area (Å²) in [5, 5.41) is 1.82. The molecule has 0 radical (unpaired) electrons. The number of hydrogen-bond acceptors (Lipinski definition) is 3. The van der Waals surface area contributed by atoms with E-state index in [9.17, 15) is 0 Å². The molecule has 0 amide bonds. The second-order valence-electron chi connectivity index (χ2n) is 2.87. The molecular weight excluding hydrogens is 144 g/mol. The van der Waals surface area contributed by atoms with Crippen LogP contribution in [0.5, 0.6) is 0 Å². The number of thioether (sulfide) groups is 1. The van der Waals surface area contributed by atoms with Gasteiger partial charge in [-0.2, -0.15) is 0 Å². The average molecular weight is 158 g/mol. The highest BCUT2D eigenvalue weighted by atomic mass is 32.2. The van der Waals surface area contributed by atoms with Gasteiger partial charge in [-0.25, -0.2) is 0 Å². The number of amidine groups is 1. The highest BCUT2D eigenvalue weighted by Gasteiger charge is 2.23. The quantitative estimate of drug-likeness (QED) is 0.530. The van der Waals surface area contributed by atoms with Gasteiger partial charge < -0.3 is 4.90 Å². The zero-order chi connectivity index (χ0) is 7.72. The maximum atomic E-state index is 4.47. The van der Waals surface area contributed by atoms with Gasteiger partial charge in [-0.3, -0.25) is 4.99 Å². The fourth-order valence-electron chi connectivity index (χ4n) is 0.795. The Hall–Kier alpha value is -0.180. The molecule has 0 aromatic carbocycles. The first-order chi connectivity index (χ1) is 4.61. The largest absolute Gasteiger partial charge is 0.358 e. The molecule has 2 nitrogen and oxygen atoms in total. The summed E-state index contributed by atoms with van der Waals surface area (Å²) < 4.78 is 0. The van der Waals surface area contributed by atoms with E-state index in [2.05, 4.69) is 23.7 Å². The number of nitrogens with zero attached hydrogens (tertiary/aromatic N) is 2. The van der Waals surface area contributed by atoms with E-state index in [4.69, 9.17) is 0 Å². The monoisotopic (exact) mass is 158 g/mol. The van der Waals surface area contributed by atoms with Gasteiger partial charge >= 0.3 is 0 Å². The van der Waals surface area contributed by atoms with Gasteiger partial charge in [0.05, 0.1) is 6.04 Å². The molecule has 58 valence electrons. The fourth-order valence-corrected chi connectivity index (χ4v) is 1.82. The lowest BCUT2D eigenvalue weighted by molar-refractivity contribution is 0.627.